The Morgan fingerprint density at radius 3 is 2.72 bits per heavy atom. The van der Waals surface area contributed by atoms with Crippen LogP contribution in [0.25, 0.3) is 0 Å². The van der Waals surface area contributed by atoms with Crippen molar-refractivity contribution >= 4 is 40.5 Å². The quantitative estimate of drug-likeness (QED) is 0.505. The fraction of sp³-hybridized carbons (Fsp3) is 0.364. The molecule has 29 heavy (non-hydrogen) atoms. The molecule has 0 aromatic heterocycles. The molecular formula is C22H24ClNO4S. The molecular weight excluding hydrogens is 410 g/mol. The maximum atomic E-state index is 12.1. The fourth-order valence-corrected chi connectivity index (χ4v) is 3.96. The Bertz CT molecular complexity index is 918. The second kappa shape index (κ2) is 9.57. The third-order valence-corrected chi connectivity index (χ3v) is 5.43. The topological polar surface area (TPSA) is 56.8 Å². The Morgan fingerprint density at radius 2 is 2.03 bits per heavy atom. The molecule has 1 heterocycles. The van der Waals surface area contributed by atoms with Gasteiger partial charge >= 0.3 is 5.97 Å². The number of rotatable bonds is 6. The van der Waals surface area contributed by atoms with Crippen LogP contribution in [0.3, 0.4) is 0 Å². The number of carbonyl (C=O) groups excluding carboxylic acids is 1. The van der Waals surface area contributed by atoms with Crippen LogP contribution < -0.4 is 10.1 Å². The van der Waals surface area contributed by atoms with Crippen molar-refractivity contribution < 1.29 is 19.0 Å². The van der Waals surface area contributed by atoms with Gasteiger partial charge < -0.3 is 19.5 Å². The van der Waals surface area contributed by atoms with Gasteiger partial charge in [-0.2, -0.15) is 0 Å². The number of halogens is 1. The van der Waals surface area contributed by atoms with Crippen molar-refractivity contribution in [3.8, 4) is 5.75 Å². The number of thiocarbonyl (C=S) groups is 1. The largest absolute Gasteiger partial charge is 0.496 e. The Labute approximate surface area is 181 Å². The standard InChI is InChI=1S/C22H24ClNO4S/c1-4-14-15(7-6-8-18(14)26-3)21-16-11-13(23)9-10-17(16)24-22(29)19(28-21)12-20(25)27-5-2/h6-11,19,21H,4-5,12H2,1-3H3,(H,24,29)/t19-,21-/m1/s1. The first kappa shape index (κ1) is 21.6. The zero-order valence-electron chi connectivity index (χ0n) is 16.7. The molecule has 0 spiro atoms. The summed E-state index contributed by atoms with van der Waals surface area (Å²) in [5.74, 6) is 0.435. The van der Waals surface area contributed by atoms with Crippen molar-refractivity contribution in [1.82, 2.24) is 0 Å². The highest BCUT2D eigenvalue weighted by atomic mass is 35.5. The van der Waals surface area contributed by atoms with Gasteiger partial charge in [-0.1, -0.05) is 42.9 Å². The Kier molecular flexibility index (Phi) is 7.11. The van der Waals surface area contributed by atoms with Crippen LogP contribution in [0.4, 0.5) is 5.69 Å². The van der Waals surface area contributed by atoms with Gasteiger partial charge in [0, 0.05) is 16.3 Å². The van der Waals surface area contributed by atoms with E-state index in [0.29, 0.717) is 16.6 Å². The molecule has 2 atom stereocenters. The van der Waals surface area contributed by atoms with Gasteiger partial charge in [0.1, 0.15) is 22.9 Å². The Balaban J connectivity index is 2.10. The molecule has 2 aromatic carbocycles. The molecule has 2 aromatic rings. The lowest BCUT2D eigenvalue weighted by Crippen LogP contribution is -2.31. The lowest BCUT2D eigenvalue weighted by molar-refractivity contribution is -0.145. The van der Waals surface area contributed by atoms with E-state index in [4.69, 9.17) is 38.0 Å². The molecule has 0 radical (unpaired) electrons. The highest BCUT2D eigenvalue weighted by Gasteiger charge is 2.33. The lowest BCUT2D eigenvalue weighted by Gasteiger charge is -2.25. The van der Waals surface area contributed by atoms with Gasteiger partial charge in [0.2, 0.25) is 0 Å². The van der Waals surface area contributed by atoms with Gasteiger partial charge in [0.05, 0.1) is 20.1 Å². The van der Waals surface area contributed by atoms with Crippen LogP contribution in [0.1, 0.15) is 43.1 Å². The average molecular weight is 434 g/mol. The predicted octanol–water partition coefficient (Wildman–Crippen LogP) is 5.09. The number of hydrogen-bond acceptors (Lipinski definition) is 5. The molecule has 0 unspecified atom stereocenters. The Morgan fingerprint density at radius 1 is 1.24 bits per heavy atom. The molecule has 0 aliphatic carbocycles. The molecule has 0 saturated carbocycles. The maximum absolute atomic E-state index is 12.1. The minimum Gasteiger partial charge on any atom is -0.496 e. The van der Waals surface area contributed by atoms with E-state index in [2.05, 4.69) is 12.2 Å². The average Bonchev–Trinajstić information content (AvgIpc) is 2.84. The zero-order chi connectivity index (χ0) is 21.0. The molecule has 0 amide bonds. The number of carbonyl (C=O) groups is 1. The maximum Gasteiger partial charge on any atom is 0.308 e. The molecule has 154 valence electrons. The van der Waals surface area contributed by atoms with Gasteiger partial charge in [-0.25, -0.2) is 0 Å². The first-order valence-corrected chi connectivity index (χ1v) is 10.3. The van der Waals surface area contributed by atoms with E-state index in [1.165, 1.54) is 0 Å². The fourth-order valence-electron chi connectivity index (χ4n) is 3.53. The van der Waals surface area contributed by atoms with E-state index in [9.17, 15) is 4.79 Å². The number of esters is 1. The molecule has 1 N–H and O–H groups in total. The lowest BCUT2D eigenvalue weighted by atomic mass is 9.93. The van der Waals surface area contributed by atoms with Crippen LogP contribution in [-0.2, 0) is 20.7 Å². The van der Waals surface area contributed by atoms with Crippen LogP contribution in [0.5, 0.6) is 5.75 Å². The number of fused-ring (bicyclic) bond motifs is 1. The number of nitrogens with one attached hydrogen (secondary N) is 1. The number of benzene rings is 2. The third-order valence-electron chi connectivity index (χ3n) is 4.83. The molecule has 0 bridgehead atoms. The molecule has 1 aliphatic rings. The highest BCUT2D eigenvalue weighted by Crippen LogP contribution is 2.40. The van der Waals surface area contributed by atoms with Gasteiger partial charge in [0.25, 0.3) is 0 Å². The van der Waals surface area contributed by atoms with Crippen LogP contribution in [-0.4, -0.2) is 30.8 Å². The number of methoxy groups -OCH3 is 1. The highest BCUT2D eigenvalue weighted by molar-refractivity contribution is 7.80. The van der Waals surface area contributed by atoms with E-state index in [-0.39, 0.29) is 12.4 Å². The molecule has 3 rings (SSSR count). The SMILES string of the molecule is CCOC(=O)C[C@H]1O[C@H](c2cccc(OC)c2CC)c2cc(Cl)ccc2NC1=S. The van der Waals surface area contributed by atoms with E-state index in [0.717, 1.165) is 34.5 Å². The first-order valence-electron chi connectivity index (χ1n) is 9.55. The molecule has 0 saturated heterocycles. The van der Waals surface area contributed by atoms with Gasteiger partial charge in [-0.15, -0.1) is 0 Å². The summed E-state index contributed by atoms with van der Waals surface area (Å²) in [5.41, 5.74) is 3.65. The van der Waals surface area contributed by atoms with Crippen molar-refractivity contribution in [2.24, 2.45) is 0 Å². The van der Waals surface area contributed by atoms with Crippen molar-refractivity contribution in [3.05, 3.63) is 58.1 Å². The molecule has 7 heteroatoms. The second-order valence-electron chi connectivity index (χ2n) is 6.62. The number of hydrogen-bond donors (Lipinski definition) is 1. The van der Waals surface area contributed by atoms with Crippen molar-refractivity contribution in [1.29, 1.82) is 0 Å². The van der Waals surface area contributed by atoms with Gasteiger partial charge in [-0.05, 0) is 48.7 Å². The number of anilines is 1. The molecule has 1 aliphatic heterocycles. The summed E-state index contributed by atoms with van der Waals surface area (Å²) in [6.45, 7) is 4.14. The van der Waals surface area contributed by atoms with E-state index < -0.39 is 12.2 Å². The number of ether oxygens (including phenoxy) is 3. The first-order chi connectivity index (χ1) is 14.0. The van der Waals surface area contributed by atoms with Gasteiger partial charge in [-0.3, -0.25) is 4.79 Å². The van der Waals surface area contributed by atoms with E-state index in [1.807, 2.05) is 30.3 Å². The monoisotopic (exact) mass is 433 g/mol. The van der Waals surface area contributed by atoms with Crippen LogP contribution in [0, 0.1) is 0 Å². The van der Waals surface area contributed by atoms with Crippen molar-refractivity contribution in [3.63, 3.8) is 0 Å². The second-order valence-corrected chi connectivity index (χ2v) is 7.49. The minimum atomic E-state index is -0.629. The third kappa shape index (κ3) is 4.71. The molecule has 5 nitrogen and oxygen atoms in total. The summed E-state index contributed by atoms with van der Waals surface area (Å²) >= 11 is 11.8. The van der Waals surface area contributed by atoms with Gasteiger partial charge in [0.15, 0.2) is 0 Å². The van der Waals surface area contributed by atoms with Crippen LogP contribution in [0.15, 0.2) is 36.4 Å². The minimum absolute atomic E-state index is 0.0311. The summed E-state index contributed by atoms with van der Waals surface area (Å²) in [6, 6.07) is 11.4. The van der Waals surface area contributed by atoms with E-state index >= 15 is 0 Å². The van der Waals surface area contributed by atoms with Crippen LogP contribution >= 0.6 is 23.8 Å². The summed E-state index contributed by atoms with van der Waals surface area (Å²) in [4.78, 5) is 12.6. The summed E-state index contributed by atoms with van der Waals surface area (Å²) in [5, 5.41) is 3.81. The van der Waals surface area contributed by atoms with Crippen molar-refractivity contribution in [2.75, 3.05) is 19.0 Å². The molecule has 0 fully saturated rings. The smallest absolute Gasteiger partial charge is 0.308 e. The van der Waals surface area contributed by atoms with Crippen molar-refractivity contribution in [2.45, 2.75) is 38.9 Å². The summed E-state index contributed by atoms with van der Waals surface area (Å²) in [7, 11) is 1.65. The Hall–Kier alpha value is -2.15. The predicted molar refractivity (Wildman–Crippen MR) is 118 cm³/mol. The van der Waals surface area contributed by atoms with E-state index in [1.54, 1.807) is 20.1 Å². The summed E-state index contributed by atoms with van der Waals surface area (Å²) in [6.07, 6.45) is -0.309. The normalized spacial score (nSPS) is 18.4. The zero-order valence-corrected chi connectivity index (χ0v) is 18.2. The van der Waals surface area contributed by atoms with Crippen LogP contribution in [0.2, 0.25) is 5.02 Å². The summed E-state index contributed by atoms with van der Waals surface area (Å²) < 4.78 is 17.1.